The lowest BCUT2D eigenvalue weighted by atomic mass is 10.2. The summed E-state index contributed by atoms with van der Waals surface area (Å²) in [4.78, 5) is 24.6. The number of aliphatic hydroxyl groups is 2. The summed E-state index contributed by atoms with van der Waals surface area (Å²) in [6, 6.07) is 0. The normalized spacial score (nSPS) is 28.5. The first kappa shape index (κ1) is 11.8. The van der Waals surface area contributed by atoms with E-state index in [9.17, 15) is 14.7 Å². The minimum absolute atomic E-state index is 0.146. The third-order valence-corrected chi connectivity index (χ3v) is 2.64. The minimum atomic E-state index is -0.946. The Morgan fingerprint density at radius 3 is 2.88 bits per heavy atom. The molecule has 0 amide bonds. The molecule has 1 fully saturated rings. The zero-order valence-corrected chi connectivity index (χ0v) is 8.87. The molecule has 0 saturated carbocycles. The first-order valence-corrected chi connectivity index (χ1v) is 5.08. The van der Waals surface area contributed by atoms with Crippen molar-refractivity contribution in [3.8, 4) is 0 Å². The molecule has 5 N–H and O–H groups in total. The Bertz CT molecular complexity index is 522. The van der Waals surface area contributed by atoms with E-state index in [1.165, 1.54) is 0 Å². The number of nitrogens with zero attached hydrogens (tertiary/aromatic N) is 1. The second kappa shape index (κ2) is 4.32. The molecule has 2 rings (SSSR count). The number of aromatic nitrogens is 2. The molecule has 8 nitrogen and oxygen atoms in total. The van der Waals surface area contributed by atoms with Crippen molar-refractivity contribution in [3.05, 3.63) is 27.0 Å². The van der Waals surface area contributed by atoms with Gasteiger partial charge in [0.1, 0.15) is 11.8 Å². The number of rotatable bonds is 2. The third-order valence-electron chi connectivity index (χ3n) is 2.64. The van der Waals surface area contributed by atoms with Crippen LogP contribution in [0.3, 0.4) is 0 Å². The molecule has 0 aromatic carbocycles. The maximum absolute atomic E-state index is 11.5. The van der Waals surface area contributed by atoms with E-state index < -0.39 is 29.7 Å². The Kier molecular flexibility index (Phi) is 3.01. The first-order valence-electron chi connectivity index (χ1n) is 5.08. The fraction of sp³-hybridized carbons (Fsp3) is 0.556. The predicted octanol–water partition coefficient (Wildman–Crippen LogP) is -2.24. The largest absolute Gasteiger partial charge is 0.394 e. The van der Waals surface area contributed by atoms with Crippen molar-refractivity contribution >= 4 is 5.69 Å². The van der Waals surface area contributed by atoms with Crippen LogP contribution in [-0.4, -0.2) is 38.6 Å². The Morgan fingerprint density at radius 1 is 1.59 bits per heavy atom. The summed E-state index contributed by atoms with van der Waals surface area (Å²) in [6.45, 7) is -0.249. The second-order valence-electron chi connectivity index (χ2n) is 3.89. The molecule has 1 aromatic rings. The summed E-state index contributed by atoms with van der Waals surface area (Å²) in [6.07, 6.45) is -1.08. The standard InChI is InChI=1S/C9H13N3O5/c10-5-2-12(9(16)11-7(5)15)8-6(14)1-4(3-13)17-8/h2,4,6,8,13-14H,1,3,10H2,(H,11,15,16)/t4-,6+,8+/m0/s1. The third kappa shape index (κ3) is 2.09. The van der Waals surface area contributed by atoms with Crippen LogP contribution in [0.15, 0.2) is 15.8 Å². The van der Waals surface area contributed by atoms with E-state index in [1.54, 1.807) is 0 Å². The van der Waals surface area contributed by atoms with Crippen LogP contribution in [0.1, 0.15) is 12.6 Å². The average molecular weight is 243 g/mol. The Hall–Kier alpha value is -1.64. The lowest BCUT2D eigenvalue weighted by Crippen LogP contribution is -2.36. The van der Waals surface area contributed by atoms with E-state index in [4.69, 9.17) is 15.6 Å². The van der Waals surface area contributed by atoms with E-state index in [0.717, 1.165) is 10.8 Å². The average Bonchev–Trinajstić information content (AvgIpc) is 2.65. The molecule has 0 unspecified atom stereocenters. The van der Waals surface area contributed by atoms with Gasteiger partial charge in [0, 0.05) is 12.6 Å². The summed E-state index contributed by atoms with van der Waals surface area (Å²) in [5, 5.41) is 18.6. The predicted molar refractivity (Wildman–Crippen MR) is 57.4 cm³/mol. The highest BCUT2D eigenvalue weighted by molar-refractivity contribution is 5.30. The van der Waals surface area contributed by atoms with Gasteiger partial charge in [-0.25, -0.2) is 4.79 Å². The maximum Gasteiger partial charge on any atom is 0.330 e. The smallest absolute Gasteiger partial charge is 0.330 e. The van der Waals surface area contributed by atoms with Gasteiger partial charge in [-0.2, -0.15) is 0 Å². The topological polar surface area (TPSA) is 131 Å². The van der Waals surface area contributed by atoms with Crippen LogP contribution in [0.5, 0.6) is 0 Å². The van der Waals surface area contributed by atoms with Gasteiger partial charge in [-0.3, -0.25) is 14.3 Å². The van der Waals surface area contributed by atoms with Crippen molar-refractivity contribution in [2.45, 2.75) is 24.9 Å². The molecule has 0 aliphatic carbocycles. The molecule has 3 atom stereocenters. The van der Waals surface area contributed by atoms with Gasteiger partial charge in [0.15, 0.2) is 6.23 Å². The molecule has 0 bridgehead atoms. The molecule has 94 valence electrons. The SMILES string of the molecule is Nc1cn([C@@H]2O[C@H](CO)C[C@H]2O)c(=O)[nH]c1=O. The van der Waals surface area contributed by atoms with Crippen molar-refractivity contribution < 1.29 is 14.9 Å². The summed E-state index contributed by atoms with van der Waals surface area (Å²) >= 11 is 0. The number of nitrogen functional groups attached to an aromatic ring is 1. The van der Waals surface area contributed by atoms with E-state index in [0.29, 0.717) is 0 Å². The number of nitrogens with two attached hydrogens (primary N) is 1. The fourth-order valence-corrected chi connectivity index (χ4v) is 1.79. The number of aromatic amines is 1. The Balaban J connectivity index is 2.38. The second-order valence-corrected chi connectivity index (χ2v) is 3.89. The van der Waals surface area contributed by atoms with E-state index in [2.05, 4.69) is 0 Å². The highest BCUT2D eigenvalue weighted by Crippen LogP contribution is 2.27. The summed E-state index contributed by atoms with van der Waals surface area (Å²) in [7, 11) is 0. The van der Waals surface area contributed by atoms with Crippen molar-refractivity contribution in [2.24, 2.45) is 0 Å². The molecular weight excluding hydrogens is 230 g/mol. The van der Waals surface area contributed by atoms with Gasteiger partial charge in [-0.1, -0.05) is 0 Å². The van der Waals surface area contributed by atoms with Gasteiger partial charge in [0.05, 0.1) is 12.7 Å². The number of ether oxygens (including phenoxy) is 1. The number of hydrogen-bond donors (Lipinski definition) is 4. The highest BCUT2D eigenvalue weighted by atomic mass is 16.5. The molecular formula is C9H13N3O5. The van der Waals surface area contributed by atoms with Gasteiger partial charge in [0.2, 0.25) is 0 Å². The number of nitrogens with one attached hydrogen (secondary N) is 1. The van der Waals surface area contributed by atoms with Crippen LogP contribution >= 0.6 is 0 Å². The Labute approximate surface area is 95.3 Å². The van der Waals surface area contributed by atoms with Gasteiger partial charge in [0.25, 0.3) is 5.56 Å². The van der Waals surface area contributed by atoms with Crippen LogP contribution in [0.25, 0.3) is 0 Å². The molecule has 8 heteroatoms. The number of hydrogen-bond acceptors (Lipinski definition) is 6. The van der Waals surface area contributed by atoms with E-state index in [-0.39, 0.29) is 18.7 Å². The quantitative estimate of drug-likeness (QED) is 0.464. The monoisotopic (exact) mass is 243 g/mol. The summed E-state index contributed by atoms with van der Waals surface area (Å²) < 4.78 is 6.28. The molecule has 2 heterocycles. The van der Waals surface area contributed by atoms with Crippen LogP contribution < -0.4 is 17.0 Å². The molecule has 17 heavy (non-hydrogen) atoms. The van der Waals surface area contributed by atoms with E-state index in [1.807, 2.05) is 4.98 Å². The van der Waals surface area contributed by atoms with Gasteiger partial charge >= 0.3 is 5.69 Å². The van der Waals surface area contributed by atoms with Gasteiger partial charge < -0.3 is 20.7 Å². The molecule has 0 spiro atoms. The fourth-order valence-electron chi connectivity index (χ4n) is 1.79. The van der Waals surface area contributed by atoms with Crippen LogP contribution in [0, 0.1) is 0 Å². The Morgan fingerprint density at radius 2 is 2.29 bits per heavy atom. The van der Waals surface area contributed by atoms with Crippen molar-refractivity contribution in [1.29, 1.82) is 0 Å². The minimum Gasteiger partial charge on any atom is -0.394 e. The molecule has 1 aromatic heterocycles. The van der Waals surface area contributed by atoms with Crippen molar-refractivity contribution in [2.75, 3.05) is 12.3 Å². The van der Waals surface area contributed by atoms with E-state index >= 15 is 0 Å². The van der Waals surface area contributed by atoms with Gasteiger partial charge in [-0.15, -0.1) is 0 Å². The summed E-state index contributed by atoms with van der Waals surface area (Å²) in [5.74, 6) is 0. The summed E-state index contributed by atoms with van der Waals surface area (Å²) in [5.41, 5.74) is 3.84. The lowest BCUT2D eigenvalue weighted by molar-refractivity contribution is -0.0529. The molecule has 1 aliphatic heterocycles. The van der Waals surface area contributed by atoms with Crippen molar-refractivity contribution in [3.63, 3.8) is 0 Å². The number of H-pyrrole nitrogens is 1. The zero-order chi connectivity index (χ0) is 12.6. The molecule has 0 radical (unpaired) electrons. The van der Waals surface area contributed by atoms with Crippen LogP contribution in [-0.2, 0) is 4.74 Å². The lowest BCUT2D eigenvalue weighted by Gasteiger charge is -2.17. The van der Waals surface area contributed by atoms with Gasteiger partial charge in [-0.05, 0) is 0 Å². The first-order chi connectivity index (χ1) is 8.02. The number of anilines is 1. The molecule has 1 aliphatic rings. The van der Waals surface area contributed by atoms with Crippen LogP contribution in [0.4, 0.5) is 5.69 Å². The van der Waals surface area contributed by atoms with Crippen LogP contribution in [0.2, 0.25) is 0 Å². The maximum atomic E-state index is 11.5. The molecule has 1 saturated heterocycles. The highest BCUT2D eigenvalue weighted by Gasteiger charge is 2.35. The zero-order valence-electron chi connectivity index (χ0n) is 8.87. The van der Waals surface area contributed by atoms with Crippen molar-refractivity contribution in [1.82, 2.24) is 9.55 Å². The number of aliphatic hydroxyl groups excluding tert-OH is 2.